The molecule has 2 aromatic carbocycles. The highest BCUT2D eigenvalue weighted by Gasteiger charge is 2.31. The molecule has 0 heterocycles. The van der Waals surface area contributed by atoms with Gasteiger partial charge in [0.2, 0.25) is 10.0 Å². The van der Waals surface area contributed by atoms with E-state index in [2.05, 4.69) is 4.72 Å². The molecule has 0 bridgehead atoms. The number of rotatable bonds is 5. The summed E-state index contributed by atoms with van der Waals surface area (Å²) >= 11 is 5.77. The van der Waals surface area contributed by atoms with E-state index in [1.165, 1.54) is 19.2 Å². The number of ether oxygens (including phenoxy) is 1. The first-order valence-corrected chi connectivity index (χ1v) is 8.59. The minimum Gasteiger partial charge on any atom is -0.495 e. The Morgan fingerprint density at radius 1 is 1.16 bits per heavy atom. The highest BCUT2D eigenvalue weighted by molar-refractivity contribution is 7.89. The lowest BCUT2D eigenvalue weighted by atomic mass is 10.1. The molecule has 0 aliphatic carbocycles. The molecule has 0 aliphatic rings. The van der Waals surface area contributed by atoms with Crippen molar-refractivity contribution in [3.05, 3.63) is 58.4 Å². The van der Waals surface area contributed by atoms with E-state index in [0.29, 0.717) is 12.1 Å². The maximum Gasteiger partial charge on any atom is 0.416 e. The van der Waals surface area contributed by atoms with Crippen LogP contribution < -0.4 is 9.46 Å². The molecule has 0 saturated carbocycles. The van der Waals surface area contributed by atoms with Gasteiger partial charge in [-0.05, 0) is 30.3 Å². The van der Waals surface area contributed by atoms with Gasteiger partial charge >= 0.3 is 6.18 Å². The van der Waals surface area contributed by atoms with Gasteiger partial charge in [-0.2, -0.15) is 13.2 Å². The van der Waals surface area contributed by atoms with Crippen LogP contribution in [0.1, 0.15) is 11.1 Å². The largest absolute Gasteiger partial charge is 0.495 e. The summed E-state index contributed by atoms with van der Waals surface area (Å²) in [5.41, 5.74) is -1.40. The molecule has 0 spiro atoms. The molecule has 10 heteroatoms. The Bertz CT molecular complexity index is 885. The van der Waals surface area contributed by atoms with E-state index < -0.39 is 34.1 Å². The van der Waals surface area contributed by atoms with E-state index in [1.807, 2.05) is 0 Å². The molecule has 0 unspecified atom stereocenters. The third-order valence-electron chi connectivity index (χ3n) is 3.25. The van der Waals surface area contributed by atoms with Gasteiger partial charge in [0, 0.05) is 17.1 Å². The quantitative estimate of drug-likeness (QED) is 0.776. The Balaban J connectivity index is 2.25. The predicted octanol–water partition coefficient (Wildman–Crippen LogP) is 3.99. The SMILES string of the molecule is COc1ccc(Cl)cc1S(=O)(=O)NCc1ccc(C(F)(F)F)cc1F. The molecule has 1 N–H and O–H groups in total. The minimum absolute atomic E-state index is 0.0183. The summed E-state index contributed by atoms with van der Waals surface area (Å²) in [4.78, 5) is -0.269. The Hall–Kier alpha value is -1.84. The van der Waals surface area contributed by atoms with E-state index >= 15 is 0 Å². The van der Waals surface area contributed by atoms with Gasteiger partial charge in [0.1, 0.15) is 16.5 Å². The topological polar surface area (TPSA) is 55.4 Å². The molecule has 2 aromatic rings. The molecule has 0 radical (unpaired) electrons. The van der Waals surface area contributed by atoms with Crippen LogP contribution in [0.5, 0.6) is 5.75 Å². The van der Waals surface area contributed by atoms with Crippen LogP contribution in [0.2, 0.25) is 5.02 Å². The van der Waals surface area contributed by atoms with E-state index in [4.69, 9.17) is 16.3 Å². The Morgan fingerprint density at radius 2 is 1.84 bits per heavy atom. The van der Waals surface area contributed by atoms with Crippen LogP contribution in [-0.2, 0) is 22.7 Å². The van der Waals surface area contributed by atoms with Crippen molar-refractivity contribution in [3.63, 3.8) is 0 Å². The molecule has 25 heavy (non-hydrogen) atoms. The number of halogens is 5. The molecule has 0 aliphatic heterocycles. The monoisotopic (exact) mass is 397 g/mol. The van der Waals surface area contributed by atoms with Crippen molar-refractivity contribution < 1.29 is 30.7 Å². The van der Waals surface area contributed by atoms with Crippen molar-refractivity contribution in [2.45, 2.75) is 17.6 Å². The summed E-state index contributed by atoms with van der Waals surface area (Å²) in [6, 6.07) is 5.77. The highest BCUT2D eigenvalue weighted by atomic mass is 35.5. The fourth-order valence-corrected chi connectivity index (χ4v) is 3.41. The second-order valence-electron chi connectivity index (χ2n) is 4.92. The zero-order valence-corrected chi connectivity index (χ0v) is 14.3. The van der Waals surface area contributed by atoms with Gasteiger partial charge < -0.3 is 4.74 Å². The van der Waals surface area contributed by atoms with Crippen LogP contribution in [0.15, 0.2) is 41.3 Å². The molecule has 0 amide bonds. The molecule has 0 aromatic heterocycles. The number of benzene rings is 2. The van der Waals surface area contributed by atoms with Gasteiger partial charge in [-0.15, -0.1) is 0 Å². The number of alkyl halides is 3. The second-order valence-corrected chi connectivity index (χ2v) is 7.10. The second kappa shape index (κ2) is 7.19. The Morgan fingerprint density at radius 3 is 2.40 bits per heavy atom. The van der Waals surface area contributed by atoms with E-state index in [9.17, 15) is 26.0 Å². The van der Waals surface area contributed by atoms with Gasteiger partial charge in [-0.3, -0.25) is 0 Å². The lowest BCUT2D eigenvalue weighted by molar-refractivity contribution is -0.137. The standard InChI is InChI=1S/C15H12ClF4NO3S/c1-24-13-5-4-11(16)7-14(13)25(22,23)21-8-9-2-3-10(6-12(9)17)15(18,19)20/h2-7,21H,8H2,1H3. The van der Waals surface area contributed by atoms with Gasteiger partial charge in [-0.1, -0.05) is 17.7 Å². The molecule has 0 fully saturated rings. The Kier molecular flexibility index (Phi) is 5.60. The first-order chi connectivity index (χ1) is 11.5. The number of hydrogen-bond acceptors (Lipinski definition) is 3. The van der Waals surface area contributed by atoms with Crippen LogP contribution in [0.25, 0.3) is 0 Å². The van der Waals surface area contributed by atoms with Crippen LogP contribution in [0, 0.1) is 5.82 Å². The molecule has 0 atom stereocenters. The molecular formula is C15H12ClF4NO3S. The lowest BCUT2D eigenvalue weighted by Gasteiger charge is -2.12. The maximum atomic E-state index is 13.8. The van der Waals surface area contributed by atoms with Gasteiger partial charge in [0.05, 0.1) is 12.7 Å². The molecule has 4 nitrogen and oxygen atoms in total. The van der Waals surface area contributed by atoms with Crippen molar-refractivity contribution >= 4 is 21.6 Å². The molecular weight excluding hydrogens is 386 g/mol. The lowest BCUT2D eigenvalue weighted by Crippen LogP contribution is -2.24. The van der Waals surface area contributed by atoms with Crippen molar-refractivity contribution in [3.8, 4) is 5.75 Å². The smallest absolute Gasteiger partial charge is 0.416 e. The summed E-state index contributed by atoms with van der Waals surface area (Å²) in [5.74, 6) is -1.15. The summed E-state index contributed by atoms with van der Waals surface area (Å²) in [5, 5.41) is 0.141. The maximum absolute atomic E-state index is 13.8. The van der Waals surface area contributed by atoms with E-state index in [1.54, 1.807) is 0 Å². The van der Waals surface area contributed by atoms with Crippen LogP contribution in [0.3, 0.4) is 0 Å². The number of sulfonamides is 1. The fourth-order valence-electron chi connectivity index (χ4n) is 1.98. The first kappa shape index (κ1) is 19.5. The average Bonchev–Trinajstić information content (AvgIpc) is 2.52. The zero-order chi connectivity index (χ0) is 18.8. The number of methoxy groups -OCH3 is 1. The third-order valence-corrected chi connectivity index (χ3v) is 4.91. The zero-order valence-electron chi connectivity index (χ0n) is 12.7. The van der Waals surface area contributed by atoms with Crippen LogP contribution >= 0.6 is 11.6 Å². The molecule has 2 rings (SSSR count). The number of nitrogens with one attached hydrogen (secondary N) is 1. The normalized spacial score (nSPS) is 12.2. The highest BCUT2D eigenvalue weighted by Crippen LogP contribution is 2.30. The number of hydrogen-bond donors (Lipinski definition) is 1. The van der Waals surface area contributed by atoms with E-state index in [-0.39, 0.29) is 21.2 Å². The third kappa shape index (κ3) is 4.62. The summed E-state index contributed by atoms with van der Waals surface area (Å²) in [6.07, 6.45) is -4.69. The summed E-state index contributed by atoms with van der Waals surface area (Å²) in [7, 11) is -2.87. The Labute approximate surface area is 146 Å². The molecule has 136 valence electrons. The molecule has 0 saturated heterocycles. The average molecular weight is 398 g/mol. The van der Waals surface area contributed by atoms with Gasteiger partial charge in [0.15, 0.2) is 0 Å². The first-order valence-electron chi connectivity index (χ1n) is 6.73. The van der Waals surface area contributed by atoms with E-state index in [0.717, 1.165) is 12.1 Å². The van der Waals surface area contributed by atoms with Crippen molar-refractivity contribution in [2.24, 2.45) is 0 Å². The van der Waals surface area contributed by atoms with Gasteiger partial charge in [0.25, 0.3) is 0 Å². The van der Waals surface area contributed by atoms with Crippen molar-refractivity contribution in [2.75, 3.05) is 7.11 Å². The van der Waals surface area contributed by atoms with Crippen LogP contribution in [-0.4, -0.2) is 15.5 Å². The van der Waals surface area contributed by atoms with Crippen molar-refractivity contribution in [1.82, 2.24) is 4.72 Å². The predicted molar refractivity (Wildman–Crippen MR) is 83.4 cm³/mol. The minimum atomic E-state index is -4.69. The summed E-state index contributed by atoms with van der Waals surface area (Å²) < 4.78 is 83.0. The fraction of sp³-hybridized carbons (Fsp3) is 0.200. The van der Waals surface area contributed by atoms with Crippen LogP contribution in [0.4, 0.5) is 17.6 Å². The van der Waals surface area contributed by atoms with Gasteiger partial charge in [-0.25, -0.2) is 17.5 Å². The summed E-state index contributed by atoms with van der Waals surface area (Å²) in [6.45, 7) is -0.540. The van der Waals surface area contributed by atoms with Crippen molar-refractivity contribution in [1.29, 1.82) is 0 Å².